The van der Waals surface area contributed by atoms with E-state index in [4.69, 9.17) is 0 Å². The van der Waals surface area contributed by atoms with Crippen molar-refractivity contribution in [2.75, 3.05) is 0 Å². The summed E-state index contributed by atoms with van der Waals surface area (Å²) >= 11 is 0. The van der Waals surface area contributed by atoms with Gasteiger partial charge >= 0.3 is 0 Å². The van der Waals surface area contributed by atoms with Crippen LogP contribution in [0.5, 0.6) is 0 Å². The van der Waals surface area contributed by atoms with Gasteiger partial charge in [0.25, 0.3) is 0 Å². The summed E-state index contributed by atoms with van der Waals surface area (Å²) in [4.78, 5) is 0. The Bertz CT molecular complexity index is 337. The lowest BCUT2D eigenvalue weighted by atomic mass is 9.73. The standard InChI is InChI=1S/C14H20O/c1-11(2)10-12-6-3-4-7-13(12)14(15)8-5-9-14/h3-4,6-7,11,15H,5,8-10H2,1-2H3. The molecule has 1 fully saturated rings. The second-order valence-electron chi connectivity index (χ2n) is 5.14. The number of aliphatic hydroxyl groups is 1. The van der Waals surface area contributed by atoms with E-state index < -0.39 is 5.60 Å². The fourth-order valence-corrected chi connectivity index (χ4v) is 2.37. The summed E-state index contributed by atoms with van der Waals surface area (Å²) in [5.41, 5.74) is 1.99. The minimum absolute atomic E-state index is 0.508. The highest BCUT2D eigenvalue weighted by molar-refractivity contribution is 5.34. The monoisotopic (exact) mass is 204 g/mol. The van der Waals surface area contributed by atoms with Gasteiger partial charge in [-0.15, -0.1) is 0 Å². The predicted octanol–water partition coefficient (Wildman–Crippen LogP) is 3.26. The van der Waals surface area contributed by atoms with E-state index in [9.17, 15) is 5.11 Å². The zero-order chi connectivity index (χ0) is 10.9. The molecule has 2 rings (SSSR count). The van der Waals surface area contributed by atoms with Crippen LogP contribution in [-0.4, -0.2) is 5.11 Å². The maximum Gasteiger partial charge on any atom is 0.0899 e. The molecule has 0 amide bonds. The lowest BCUT2D eigenvalue weighted by molar-refractivity contribution is -0.0395. The molecule has 0 heterocycles. The molecule has 1 aliphatic rings. The van der Waals surface area contributed by atoms with E-state index in [-0.39, 0.29) is 0 Å². The Balaban J connectivity index is 2.29. The maximum absolute atomic E-state index is 10.4. The molecule has 0 unspecified atom stereocenters. The topological polar surface area (TPSA) is 20.2 Å². The van der Waals surface area contributed by atoms with Crippen molar-refractivity contribution >= 4 is 0 Å². The van der Waals surface area contributed by atoms with E-state index in [1.807, 2.05) is 6.07 Å². The van der Waals surface area contributed by atoms with Gasteiger partial charge in [0, 0.05) is 0 Å². The normalized spacial score (nSPS) is 18.9. The smallest absolute Gasteiger partial charge is 0.0899 e. The summed E-state index contributed by atoms with van der Waals surface area (Å²) in [5.74, 6) is 0.648. The number of hydrogen-bond acceptors (Lipinski definition) is 1. The molecular weight excluding hydrogens is 184 g/mol. The van der Waals surface area contributed by atoms with E-state index in [0.717, 1.165) is 25.7 Å². The molecule has 82 valence electrons. The highest BCUT2D eigenvalue weighted by Crippen LogP contribution is 2.42. The van der Waals surface area contributed by atoms with Crippen molar-refractivity contribution in [3.05, 3.63) is 35.4 Å². The van der Waals surface area contributed by atoms with Crippen LogP contribution in [0.15, 0.2) is 24.3 Å². The Morgan fingerprint density at radius 3 is 2.47 bits per heavy atom. The van der Waals surface area contributed by atoms with Crippen molar-refractivity contribution in [3.63, 3.8) is 0 Å². The first-order valence-corrected chi connectivity index (χ1v) is 5.92. The van der Waals surface area contributed by atoms with Crippen LogP contribution in [0.3, 0.4) is 0 Å². The van der Waals surface area contributed by atoms with E-state index in [1.54, 1.807) is 0 Å². The van der Waals surface area contributed by atoms with Crippen molar-refractivity contribution < 1.29 is 5.11 Å². The van der Waals surface area contributed by atoms with Gasteiger partial charge < -0.3 is 5.11 Å². The first-order chi connectivity index (χ1) is 7.12. The summed E-state index contributed by atoms with van der Waals surface area (Å²) in [6.45, 7) is 4.45. The Labute approximate surface area is 92.1 Å². The minimum Gasteiger partial charge on any atom is -0.385 e. The third-order valence-electron chi connectivity index (χ3n) is 3.33. The molecule has 0 aromatic heterocycles. The van der Waals surface area contributed by atoms with Gasteiger partial charge in [0.2, 0.25) is 0 Å². The van der Waals surface area contributed by atoms with Crippen LogP contribution >= 0.6 is 0 Å². The zero-order valence-electron chi connectivity index (χ0n) is 9.66. The van der Waals surface area contributed by atoms with Crippen LogP contribution in [0.4, 0.5) is 0 Å². The molecule has 1 aromatic carbocycles. The zero-order valence-corrected chi connectivity index (χ0v) is 9.66. The first kappa shape index (κ1) is 10.7. The van der Waals surface area contributed by atoms with Gasteiger partial charge in [-0.05, 0) is 42.7 Å². The molecule has 1 nitrogen and oxygen atoms in total. The largest absolute Gasteiger partial charge is 0.385 e. The molecule has 0 atom stereocenters. The lowest BCUT2D eigenvalue weighted by Gasteiger charge is -2.38. The predicted molar refractivity (Wildman–Crippen MR) is 62.7 cm³/mol. The fraction of sp³-hybridized carbons (Fsp3) is 0.571. The SMILES string of the molecule is CC(C)Cc1ccccc1C1(O)CCC1. The molecule has 1 aromatic rings. The molecule has 0 radical (unpaired) electrons. The first-order valence-electron chi connectivity index (χ1n) is 5.92. The summed E-state index contributed by atoms with van der Waals surface area (Å²) in [6, 6.07) is 8.36. The Hall–Kier alpha value is -0.820. The molecule has 0 spiro atoms. The van der Waals surface area contributed by atoms with Crippen LogP contribution in [-0.2, 0) is 12.0 Å². The van der Waals surface area contributed by atoms with Crippen LogP contribution in [0.25, 0.3) is 0 Å². The molecule has 0 aliphatic heterocycles. The van der Waals surface area contributed by atoms with Crippen LogP contribution in [0.1, 0.15) is 44.2 Å². The minimum atomic E-state index is -0.508. The van der Waals surface area contributed by atoms with Gasteiger partial charge in [-0.25, -0.2) is 0 Å². The van der Waals surface area contributed by atoms with Crippen molar-refractivity contribution in [2.24, 2.45) is 5.92 Å². The van der Waals surface area contributed by atoms with Crippen molar-refractivity contribution in [1.82, 2.24) is 0 Å². The Morgan fingerprint density at radius 2 is 1.93 bits per heavy atom. The van der Waals surface area contributed by atoms with Gasteiger partial charge in [0.1, 0.15) is 0 Å². The van der Waals surface area contributed by atoms with E-state index in [1.165, 1.54) is 11.1 Å². The van der Waals surface area contributed by atoms with Crippen LogP contribution < -0.4 is 0 Å². The van der Waals surface area contributed by atoms with Gasteiger partial charge in [0.15, 0.2) is 0 Å². The average molecular weight is 204 g/mol. The summed E-state index contributed by atoms with van der Waals surface area (Å²) in [7, 11) is 0. The highest BCUT2D eigenvalue weighted by atomic mass is 16.3. The lowest BCUT2D eigenvalue weighted by Crippen LogP contribution is -2.34. The Morgan fingerprint density at radius 1 is 1.27 bits per heavy atom. The second kappa shape index (κ2) is 3.97. The molecular formula is C14H20O. The van der Waals surface area contributed by atoms with Crippen LogP contribution in [0, 0.1) is 5.92 Å². The number of hydrogen-bond donors (Lipinski definition) is 1. The summed E-state index contributed by atoms with van der Waals surface area (Å²) < 4.78 is 0. The molecule has 1 saturated carbocycles. The fourth-order valence-electron chi connectivity index (χ4n) is 2.37. The maximum atomic E-state index is 10.4. The van der Waals surface area contributed by atoms with E-state index in [0.29, 0.717) is 5.92 Å². The summed E-state index contributed by atoms with van der Waals surface area (Å²) in [5, 5.41) is 10.4. The molecule has 1 N–H and O–H groups in total. The van der Waals surface area contributed by atoms with Gasteiger partial charge in [-0.1, -0.05) is 38.1 Å². The second-order valence-corrected chi connectivity index (χ2v) is 5.14. The highest BCUT2D eigenvalue weighted by Gasteiger charge is 2.37. The molecule has 1 heteroatoms. The molecule has 1 aliphatic carbocycles. The van der Waals surface area contributed by atoms with Crippen LogP contribution in [0.2, 0.25) is 0 Å². The quantitative estimate of drug-likeness (QED) is 0.801. The van der Waals surface area contributed by atoms with E-state index >= 15 is 0 Å². The molecule has 15 heavy (non-hydrogen) atoms. The Kier molecular flexibility index (Phi) is 2.83. The third kappa shape index (κ3) is 2.07. The van der Waals surface area contributed by atoms with Gasteiger partial charge in [-0.3, -0.25) is 0 Å². The van der Waals surface area contributed by atoms with Crippen molar-refractivity contribution in [1.29, 1.82) is 0 Å². The molecule has 0 bridgehead atoms. The third-order valence-corrected chi connectivity index (χ3v) is 3.33. The summed E-state index contributed by atoms with van der Waals surface area (Å²) in [6.07, 6.45) is 4.09. The van der Waals surface area contributed by atoms with Gasteiger partial charge in [0.05, 0.1) is 5.60 Å². The number of benzene rings is 1. The van der Waals surface area contributed by atoms with E-state index in [2.05, 4.69) is 32.0 Å². The average Bonchev–Trinajstić information content (AvgIpc) is 2.14. The van der Waals surface area contributed by atoms with Crippen molar-refractivity contribution in [3.8, 4) is 0 Å². The molecule has 0 saturated heterocycles. The number of rotatable bonds is 3. The van der Waals surface area contributed by atoms with Crippen molar-refractivity contribution in [2.45, 2.75) is 45.1 Å². The van der Waals surface area contributed by atoms with Gasteiger partial charge in [-0.2, -0.15) is 0 Å².